The number of hydrogen-bond acceptors (Lipinski definition) is 3. The molecule has 176 valence electrons. The summed E-state index contributed by atoms with van der Waals surface area (Å²) in [5.74, 6) is -0.134. The number of piperazine rings is 1. The molecule has 2 heterocycles. The molecule has 0 radical (unpaired) electrons. The van der Waals surface area contributed by atoms with Crippen molar-refractivity contribution < 1.29 is 26.4 Å². The van der Waals surface area contributed by atoms with Crippen molar-refractivity contribution in [3.8, 4) is 0 Å². The molecule has 1 aliphatic rings. The third-order valence-corrected chi connectivity index (χ3v) is 8.05. The molecule has 1 saturated heterocycles. The molecular weight excluding hydrogens is 479 g/mol. The monoisotopic (exact) mass is 499 g/mol. The Kier molecular flexibility index (Phi) is 6.19. The van der Waals surface area contributed by atoms with E-state index in [-0.39, 0.29) is 38.5 Å². The number of aromatic nitrogens is 1. The highest BCUT2D eigenvalue weighted by atomic mass is 35.5. The van der Waals surface area contributed by atoms with Crippen molar-refractivity contribution in [3.05, 3.63) is 64.3 Å². The number of nitrogens with zero attached hydrogens (tertiary/aromatic N) is 2. The van der Waals surface area contributed by atoms with Gasteiger partial charge in [-0.15, -0.1) is 0 Å². The van der Waals surface area contributed by atoms with E-state index in [1.54, 1.807) is 4.90 Å². The molecule has 0 aliphatic carbocycles. The van der Waals surface area contributed by atoms with Gasteiger partial charge in [0, 0.05) is 42.8 Å². The number of carbonyl (C=O) groups excluding carboxylic acids is 1. The van der Waals surface area contributed by atoms with Crippen LogP contribution in [0.1, 0.15) is 16.8 Å². The van der Waals surface area contributed by atoms with Crippen molar-refractivity contribution in [2.45, 2.75) is 24.4 Å². The first-order chi connectivity index (χ1) is 15.5. The number of hydrogen-bond donors (Lipinski definition) is 1. The molecule has 0 atom stereocenters. The average molecular weight is 500 g/mol. The maximum absolute atomic E-state index is 13.1. The fraction of sp³-hybridized carbons (Fsp3) is 0.318. The molecule has 0 saturated carbocycles. The van der Waals surface area contributed by atoms with Crippen LogP contribution >= 0.6 is 11.6 Å². The lowest BCUT2D eigenvalue weighted by atomic mass is 10.1. The summed E-state index contributed by atoms with van der Waals surface area (Å²) in [4.78, 5) is 17.2. The molecule has 1 N–H and O–H groups in total. The van der Waals surface area contributed by atoms with Gasteiger partial charge >= 0.3 is 6.18 Å². The number of H-pyrrole nitrogens is 1. The van der Waals surface area contributed by atoms with Gasteiger partial charge in [-0.3, -0.25) is 4.79 Å². The van der Waals surface area contributed by atoms with E-state index >= 15 is 0 Å². The molecule has 11 heteroatoms. The Balaban J connectivity index is 1.46. The Morgan fingerprint density at radius 3 is 2.42 bits per heavy atom. The standard InChI is InChI=1S/C22H21ClF3N3O3S/c1-14-17(16-4-2-3-5-20(16)27-14)13-21(30)28-8-10-29(11-9-28)33(31,32)15-6-7-19(23)18(12-15)22(24,25)26/h2-7,12,27H,8-11,13H2,1H3. The fourth-order valence-corrected chi connectivity index (χ4v) is 5.71. The number of carbonyl (C=O) groups is 1. The van der Waals surface area contributed by atoms with Gasteiger partial charge in [0.15, 0.2) is 0 Å². The van der Waals surface area contributed by atoms with Crippen LogP contribution in [0, 0.1) is 6.92 Å². The number of aromatic amines is 1. The van der Waals surface area contributed by atoms with Gasteiger partial charge in [0.25, 0.3) is 0 Å². The summed E-state index contributed by atoms with van der Waals surface area (Å²) in [6, 6.07) is 10.2. The Labute approximate surface area is 194 Å². The van der Waals surface area contributed by atoms with Gasteiger partial charge in [-0.1, -0.05) is 29.8 Å². The quantitative estimate of drug-likeness (QED) is 0.584. The number of aryl methyl sites for hydroxylation is 1. The minimum atomic E-state index is -4.77. The molecule has 0 bridgehead atoms. The highest BCUT2D eigenvalue weighted by Crippen LogP contribution is 2.36. The summed E-state index contributed by atoms with van der Waals surface area (Å²) >= 11 is 5.60. The first-order valence-electron chi connectivity index (χ1n) is 10.2. The van der Waals surface area contributed by atoms with Crippen LogP contribution in [0.3, 0.4) is 0 Å². The maximum Gasteiger partial charge on any atom is 0.417 e. The number of amides is 1. The van der Waals surface area contributed by atoms with Gasteiger partial charge in [0.05, 0.1) is 21.9 Å². The second-order valence-electron chi connectivity index (χ2n) is 7.88. The Morgan fingerprint density at radius 1 is 1.09 bits per heavy atom. The molecular formula is C22H21ClF3N3O3S. The van der Waals surface area contributed by atoms with Gasteiger partial charge in [-0.2, -0.15) is 17.5 Å². The van der Waals surface area contributed by atoms with E-state index in [0.29, 0.717) is 6.07 Å². The number of benzene rings is 2. The highest BCUT2D eigenvalue weighted by Gasteiger charge is 2.36. The molecule has 4 rings (SSSR count). The summed E-state index contributed by atoms with van der Waals surface area (Å²) in [5.41, 5.74) is 1.53. The predicted octanol–water partition coefficient (Wildman–Crippen LogP) is 4.22. The molecule has 0 spiro atoms. The number of sulfonamides is 1. The van der Waals surface area contributed by atoms with E-state index in [1.165, 1.54) is 0 Å². The topological polar surface area (TPSA) is 73.5 Å². The summed E-state index contributed by atoms with van der Waals surface area (Å²) in [6.45, 7) is 2.18. The minimum absolute atomic E-state index is 0.00901. The summed E-state index contributed by atoms with van der Waals surface area (Å²) in [7, 11) is -4.16. The van der Waals surface area contributed by atoms with E-state index < -0.39 is 31.7 Å². The van der Waals surface area contributed by atoms with Crippen LogP contribution in [0.4, 0.5) is 13.2 Å². The molecule has 0 unspecified atom stereocenters. The normalized spacial score (nSPS) is 15.8. The smallest absolute Gasteiger partial charge is 0.358 e. The second-order valence-corrected chi connectivity index (χ2v) is 10.2. The third-order valence-electron chi connectivity index (χ3n) is 5.83. The molecule has 1 aromatic heterocycles. The molecule has 2 aromatic carbocycles. The lowest BCUT2D eigenvalue weighted by Gasteiger charge is -2.34. The van der Waals surface area contributed by atoms with Crippen LogP contribution in [0.25, 0.3) is 10.9 Å². The Hall–Kier alpha value is -2.56. The van der Waals surface area contributed by atoms with Gasteiger partial charge < -0.3 is 9.88 Å². The molecule has 3 aromatic rings. The van der Waals surface area contributed by atoms with Gasteiger partial charge in [0.2, 0.25) is 15.9 Å². The maximum atomic E-state index is 13.1. The SMILES string of the molecule is Cc1[nH]c2ccccc2c1CC(=O)N1CCN(S(=O)(=O)c2ccc(Cl)c(C(F)(F)F)c2)CC1. The van der Waals surface area contributed by atoms with E-state index in [9.17, 15) is 26.4 Å². The average Bonchev–Trinajstić information content (AvgIpc) is 3.08. The largest absolute Gasteiger partial charge is 0.417 e. The number of rotatable bonds is 4. The van der Waals surface area contributed by atoms with Crippen LogP contribution in [0.2, 0.25) is 5.02 Å². The second kappa shape index (κ2) is 8.66. The minimum Gasteiger partial charge on any atom is -0.358 e. The van der Waals surface area contributed by atoms with Gasteiger partial charge in [-0.25, -0.2) is 8.42 Å². The van der Waals surface area contributed by atoms with Crippen LogP contribution in [0.5, 0.6) is 0 Å². The van der Waals surface area contributed by atoms with E-state index in [2.05, 4.69) is 4.98 Å². The Morgan fingerprint density at radius 2 is 1.76 bits per heavy atom. The molecule has 1 fully saturated rings. The summed E-state index contributed by atoms with van der Waals surface area (Å²) < 4.78 is 66.3. The van der Waals surface area contributed by atoms with E-state index in [1.807, 2.05) is 31.2 Å². The van der Waals surface area contributed by atoms with Gasteiger partial charge in [-0.05, 0) is 36.8 Å². The van der Waals surface area contributed by atoms with E-state index in [4.69, 9.17) is 11.6 Å². The van der Waals surface area contributed by atoms with Crippen LogP contribution in [-0.4, -0.2) is 54.7 Å². The zero-order chi connectivity index (χ0) is 24.0. The molecule has 1 amide bonds. The predicted molar refractivity (Wildman–Crippen MR) is 119 cm³/mol. The summed E-state index contributed by atoms with van der Waals surface area (Å²) in [6.07, 6.45) is -4.59. The molecule has 33 heavy (non-hydrogen) atoms. The number of halogens is 4. The highest BCUT2D eigenvalue weighted by molar-refractivity contribution is 7.89. The number of fused-ring (bicyclic) bond motifs is 1. The lowest BCUT2D eigenvalue weighted by Crippen LogP contribution is -2.50. The summed E-state index contributed by atoms with van der Waals surface area (Å²) in [5, 5.41) is 0.400. The number of para-hydroxylation sites is 1. The first kappa shape index (κ1) is 23.6. The number of alkyl halides is 3. The van der Waals surface area contributed by atoms with Crippen molar-refractivity contribution in [1.29, 1.82) is 0 Å². The van der Waals surface area contributed by atoms with Crippen molar-refractivity contribution in [1.82, 2.24) is 14.2 Å². The van der Waals surface area contributed by atoms with E-state index in [0.717, 1.165) is 38.6 Å². The van der Waals surface area contributed by atoms with Crippen molar-refractivity contribution >= 4 is 38.4 Å². The van der Waals surface area contributed by atoms with Crippen LogP contribution in [0.15, 0.2) is 47.4 Å². The third kappa shape index (κ3) is 4.60. The fourth-order valence-electron chi connectivity index (χ4n) is 4.03. The van der Waals surface area contributed by atoms with Crippen molar-refractivity contribution in [2.24, 2.45) is 0 Å². The first-order valence-corrected chi connectivity index (χ1v) is 12.0. The van der Waals surface area contributed by atoms with Crippen LogP contribution in [-0.2, 0) is 27.4 Å². The zero-order valence-electron chi connectivity index (χ0n) is 17.6. The number of nitrogens with one attached hydrogen (secondary N) is 1. The van der Waals surface area contributed by atoms with Crippen molar-refractivity contribution in [3.63, 3.8) is 0 Å². The zero-order valence-corrected chi connectivity index (χ0v) is 19.2. The van der Waals surface area contributed by atoms with Crippen molar-refractivity contribution in [2.75, 3.05) is 26.2 Å². The van der Waals surface area contributed by atoms with Gasteiger partial charge in [0.1, 0.15) is 0 Å². The molecule has 1 aliphatic heterocycles. The lowest BCUT2D eigenvalue weighted by molar-refractivity contribution is -0.137. The Bertz CT molecular complexity index is 1310. The van der Waals surface area contributed by atoms with Crippen LogP contribution < -0.4 is 0 Å². The molecule has 6 nitrogen and oxygen atoms in total.